The van der Waals surface area contributed by atoms with Gasteiger partial charge >= 0.3 is 5.30 Å². The van der Waals surface area contributed by atoms with Gasteiger partial charge in [-0.3, -0.25) is 4.79 Å². The van der Waals surface area contributed by atoms with Crippen LogP contribution in [0.15, 0.2) is 28.9 Å². The highest BCUT2D eigenvalue weighted by Crippen LogP contribution is 2.32. The van der Waals surface area contributed by atoms with Crippen molar-refractivity contribution >= 4 is 67.6 Å². The fraction of sp³-hybridized carbons (Fsp3) is 0.154. The maximum Gasteiger partial charge on any atom is 0.374 e. The first kappa shape index (κ1) is 16.4. The molecule has 0 atom stereocenters. The van der Waals surface area contributed by atoms with Gasteiger partial charge in [-0.05, 0) is 42.5 Å². The lowest BCUT2D eigenvalue weighted by molar-refractivity contribution is -0.107. The molecule has 4 nitrogen and oxygen atoms in total. The number of ether oxygens (including phenoxy) is 1. The van der Waals surface area contributed by atoms with Crippen molar-refractivity contribution in [3.05, 3.63) is 39.5 Å². The van der Waals surface area contributed by atoms with Crippen LogP contribution in [0.2, 0.25) is 10.0 Å². The molecule has 0 radical (unpaired) electrons. The minimum absolute atomic E-state index is 0.229. The lowest BCUT2D eigenvalue weighted by Gasteiger charge is -1.98. The van der Waals surface area contributed by atoms with Gasteiger partial charge in [0.05, 0.1) is 16.7 Å². The first-order valence-corrected chi connectivity index (χ1v) is 8.20. The number of nitrogens with zero attached hydrogens (tertiary/aromatic N) is 1. The summed E-state index contributed by atoms with van der Waals surface area (Å²) in [4.78, 5) is 27.3. The highest BCUT2D eigenvalue weighted by Gasteiger charge is 2.25. The summed E-state index contributed by atoms with van der Waals surface area (Å²) in [5.41, 5.74) is 0.963. The van der Waals surface area contributed by atoms with Crippen LogP contribution in [0.4, 0.5) is 4.79 Å². The summed E-state index contributed by atoms with van der Waals surface area (Å²) in [6, 6.07) is 5.01. The molecule has 110 valence electrons. The molecule has 0 fully saturated rings. The lowest BCUT2D eigenvalue weighted by atomic mass is 10.2. The molecule has 0 bridgehead atoms. The topological polar surface area (TPSA) is 55.7 Å². The molecule has 1 heterocycles. The summed E-state index contributed by atoms with van der Waals surface area (Å²) in [6.45, 7) is 1.99. The maximum atomic E-state index is 11.8. The quantitative estimate of drug-likeness (QED) is 0.556. The maximum absolute atomic E-state index is 11.8. The van der Waals surface area contributed by atoms with E-state index in [1.54, 1.807) is 31.2 Å². The van der Waals surface area contributed by atoms with Crippen LogP contribution in [-0.2, 0) is 9.53 Å². The van der Waals surface area contributed by atoms with Crippen LogP contribution >= 0.6 is 46.7 Å². The summed E-state index contributed by atoms with van der Waals surface area (Å²) in [7, 11) is 0. The molecule has 0 aliphatic carbocycles. The number of thioether (sulfide) groups is 2. The number of rotatable bonds is 2. The van der Waals surface area contributed by atoms with Crippen molar-refractivity contribution in [1.82, 2.24) is 0 Å². The fourth-order valence-electron chi connectivity index (χ4n) is 1.41. The zero-order valence-corrected chi connectivity index (χ0v) is 13.9. The number of halogens is 2. The summed E-state index contributed by atoms with van der Waals surface area (Å²) in [5.74, 6) is 0. The monoisotopic (exact) mass is 361 g/mol. The normalized spacial score (nSPS) is 16.2. The van der Waals surface area contributed by atoms with E-state index >= 15 is 0 Å². The van der Waals surface area contributed by atoms with E-state index in [4.69, 9.17) is 27.9 Å². The molecule has 0 amide bonds. The zero-order chi connectivity index (χ0) is 15.4. The van der Waals surface area contributed by atoms with E-state index in [9.17, 15) is 9.59 Å². The SMILES string of the molecule is CCOC(=O)SC1=NC(=Cc2ccc(Cl)c(Cl)c2)C(=O)S1. The molecular weight excluding hydrogens is 353 g/mol. The molecule has 0 spiro atoms. The van der Waals surface area contributed by atoms with Crippen molar-refractivity contribution in [3.63, 3.8) is 0 Å². The van der Waals surface area contributed by atoms with Crippen LogP contribution in [0.5, 0.6) is 0 Å². The minimum atomic E-state index is -0.479. The molecule has 8 heteroatoms. The standard InChI is InChI=1S/C13H9Cl2NO3S2/c1-2-19-13(18)21-12-16-10(11(17)20-12)6-7-3-4-8(14)9(15)5-7/h3-6H,2H2,1H3. The lowest BCUT2D eigenvalue weighted by Crippen LogP contribution is -1.98. The predicted octanol–water partition coefficient (Wildman–Crippen LogP) is 4.85. The van der Waals surface area contributed by atoms with Gasteiger partial charge in [0.25, 0.3) is 0 Å². The molecule has 2 rings (SSSR count). The van der Waals surface area contributed by atoms with Gasteiger partial charge in [-0.2, -0.15) is 0 Å². The third-order valence-corrected chi connectivity index (χ3v) is 4.73. The Kier molecular flexibility index (Phi) is 5.75. The molecule has 1 aliphatic heterocycles. The van der Waals surface area contributed by atoms with Crippen molar-refractivity contribution < 1.29 is 14.3 Å². The largest absolute Gasteiger partial charge is 0.458 e. The molecule has 1 aliphatic rings. The Hall–Kier alpha value is -0.950. The Morgan fingerprint density at radius 1 is 1.43 bits per heavy atom. The minimum Gasteiger partial charge on any atom is -0.458 e. The fourth-order valence-corrected chi connectivity index (χ4v) is 3.29. The molecule has 21 heavy (non-hydrogen) atoms. The van der Waals surface area contributed by atoms with Gasteiger partial charge in [0.15, 0.2) is 0 Å². The van der Waals surface area contributed by atoms with Crippen LogP contribution in [0.1, 0.15) is 12.5 Å². The van der Waals surface area contributed by atoms with E-state index in [-0.39, 0.29) is 17.4 Å². The van der Waals surface area contributed by atoms with E-state index in [1.165, 1.54) is 0 Å². The van der Waals surface area contributed by atoms with E-state index in [2.05, 4.69) is 4.99 Å². The molecule has 0 aromatic heterocycles. The number of hydrogen-bond donors (Lipinski definition) is 0. The van der Waals surface area contributed by atoms with Crippen molar-refractivity contribution in [3.8, 4) is 0 Å². The number of carbonyl (C=O) groups is 2. The van der Waals surface area contributed by atoms with Gasteiger partial charge in [-0.1, -0.05) is 29.3 Å². The average Bonchev–Trinajstić information content (AvgIpc) is 2.74. The summed E-state index contributed by atoms with van der Waals surface area (Å²) in [6.07, 6.45) is 1.59. The second-order valence-electron chi connectivity index (χ2n) is 3.76. The Labute approximate surface area is 139 Å². The van der Waals surface area contributed by atoms with Crippen molar-refractivity contribution in [2.75, 3.05) is 6.61 Å². The van der Waals surface area contributed by atoms with Gasteiger partial charge in [-0.15, -0.1) is 0 Å². The Balaban J connectivity index is 2.17. The number of aliphatic imine (C=N–C) groups is 1. The predicted molar refractivity (Wildman–Crippen MR) is 89.1 cm³/mol. The Morgan fingerprint density at radius 2 is 2.19 bits per heavy atom. The van der Waals surface area contributed by atoms with Crippen molar-refractivity contribution in [2.45, 2.75) is 6.92 Å². The van der Waals surface area contributed by atoms with Crippen LogP contribution in [-0.4, -0.2) is 21.4 Å². The third-order valence-electron chi connectivity index (χ3n) is 2.28. The highest BCUT2D eigenvalue weighted by molar-refractivity contribution is 8.49. The molecule has 0 saturated carbocycles. The van der Waals surface area contributed by atoms with Gasteiger partial charge in [0.1, 0.15) is 10.1 Å². The van der Waals surface area contributed by atoms with E-state index in [0.29, 0.717) is 20.0 Å². The van der Waals surface area contributed by atoms with Crippen molar-refractivity contribution in [2.24, 2.45) is 4.99 Å². The summed E-state index contributed by atoms with van der Waals surface area (Å²) >= 11 is 13.4. The smallest absolute Gasteiger partial charge is 0.374 e. The van der Waals surface area contributed by atoms with Crippen molar-refractivity contribution in [1.29, 1.82) is 0 Å². The van der Waals surface area contributed by atoms with Gasteiger partial charge in [-0.25, -0.2) is 9.79 Å². The van der Waals surface area contributed by atoms with Crippen LogP contribution in [0, 0.1) is 0 Å². The Morgan fingerprint density at radius 3 is 2.86 bits per heavy atom. The number of carbonyl (C=O) groups excluding carboxylic acids is 2. The van der Waals surface area contributed by atoms with Crippen LogP contribution in [0.25, 0.3) is 6.08 Å². The first-order chi connectivity index (χ1) is 9.99. The molecule has 1 aromatic carbocycles. The highest BCUT2D eigenvalue weighted by atomic mass is 35.5. The van der Waals surface area contributed by atoms with Gasteiger partial charge in [0.2, 0.25) is 5.12 Å². The van der Waals surface area contributed by atoms with E-state index < -0.39 is 5.30 Å². The molecule has 1 aromatic rings. The molecule has 0 N–H and O–H groups in total. The molecule has 0 unspecified atom stereocenters. The van der Waals surface area contributed by atoms with Crippen LogP contribution < -0.4 is 0 Å². The molecular formula is C13H9Cl2NO3S2. The number of hydrogen-bond acceptors (Lipinski definition) is 6. The number of benzene rings is 1. The zero-order valence-electron chi connectivity index (χ0n) is 10.8. The third kappa shape index (κ3) is 4.51. The second-order valence-corrected chi connectivity index (χ2v) is 6.71. The Bertz CT molecular complexity index is 659. The van der Waals surface area contributed by atoms with E-state index in [0.717, 1.165) is 23.5 Å². The van der Waals surface area contributed by atoms with E-state index in [1.807, 2.05) is 0 Å². The first-order valence-electron chi connectivity index (χ1n) is 5.82. The molecule has 0 saturated heterocycles. The second kappa shape index (κ2) is 7.35. The summed E-state index contributed by atoms with van der Waals surface area (Å²) < 4.78 is 5.14. The van der Waals surface area contributed by atoms with Crippen LogP contribution in [0.3, 0.4) is 0 Å². The van der Waals surface area contributed by atoms with Gasteiger partial charge in [0, 0.05) is 11.8 Å². The summed E-state index contributed by atoms with van der Waals surface area (Å²) in [5, 5.41) is 0.127. The average molecular weight is 362 g/mol. The van der Waals surface area contributed by atoms with Gasteiger partial charge < -0.3 is 4.74 Å².